The smallest absolute Gasteiger partial charge is 0.293 e. The Balaban J connectivity index is 0.923. The topological polar surface area (TPSA) is 143 Å². The summed E-state index contributed by atoms with van der Waals surface area (Å²) in [5.41, 5.74) is 5.27. The van der Waals surface area contributed by atoms with E-state index in [1.54, 1.807) is 12.1 Å². The van der Waals surface area contributed by atoms with E-state index in [-0.39, 0.29) is 21.8 Å². The van der Waals surface area contributed by atoms with Gasteiger partial charge in [0.15, 0.2) is 0 Å². The van der Waals surface area contributed by atoms with E-state index in [0.717, 1.165) is 62.4 Å². The highest BCUT2D eigenvalue weighted by Gasteiger charge is 2.56. The van der Waals surface area contributed by atoms with Crippen LogP contribution in [-0.4, -0.2) is 58.1 Å². The van der Waals surface area contributed by atoms with Crippen LogP contribution in [0.15, 0.2) is 77.2 Å². The van der Waals surface area contributed by atoms with Crippen LogP contribution in [0.3, 0.4) is 0 Å². The van der Waals surface area contributed by atoms with Crippen LogP contribution in [0.2, 0.25) is 0 Å². The fraction of sp³-hybridized carbons (Fsp3) is 0.488. The molecule has 2 aliphatic heterocycles. The minimum absolute atomic E-state index is 0.177. The number of carbonyl (C=O) groups is 1. The van der Waals surface area contributed by atoms with Gasteiger partial charge < -0.3 is 20.3 Å². The number of sulfonamides is 1. The van der Waals surface area contributed by atoms with Crippen molar-refractivity contribution in [1.82, 2.24) is 4.72 Å². The molecule has 3 aromatic rings. The van der Waals surface area contributed by atoms with Gasteiger partial charge in [-0.25, -0.2) is 13.1 Å². The number of hydrogen-bond donors (Lipinski definition) is 3. The van der Waals surface area contributed by atoms with Gasteiger partial charge in [0.1, 0.15) is 5.69 Å². The third-order valence-electron chi connectivity index (χ3n) is 12.6. The molecular weight excluding hydrogens is 691 g/mol. The summed E-state index contributed by atoms with van der Waals surface area (Å²) in [6.45, 7) is 10.8. The van der Waals surface area contributed by atoms with E-state index in [9.17, 15) is 23.3 Å². The Morgan fingerprint density at radius 2 is 1.75 bits per heavy atom. The molecule has 3 N–H and O–H groups in total. The number of nitro groups is 1. The number of carbonyl (C=O) groups excluding carboxylic acids is 1. The van der Waals surface area contributed by atoms with Gasteiger partial charge in [-0.15, -0.1) is 0 Å². The van der Waals surface area contributed by atoms with Gasteiger partial charge in [-0.3, -0.25) is 14.9 Å². The number of amides is 1. The summed E-state index contributed by atoms with van der Waals surface area (Å²) < 4.78 is 33.7. The number of hydrogen-bond acceptors (Lipinski definition) is 9. The minimum Gasteiger partial charge on any atom is -0.382 e. The van der Waals surface area contributed by atoms with Gasteiger partial charge in [0.2, 0.25) is 0 Å². The molecule has 1 amide bonds. The standard InChI is InChI=1S/C41H51N5O6S/c1-27-36-24-41(3,28(36)2)25-38(27)43-33-6-4-5-31(22-33)21-29-13-17-45(18-14-29)34-9-7-32(8-10-34)40(47)44-53(50,51)35-11-12-37(39(23-35)46(48)49)42-26-30-15-19-52-20-16-30/h4-12,21-23,27-28,30,36,38,42-43H,13-20,24-26H2,1-3H3,(H,44,47)/t27-,28?,36+,38-,41+/m0/s1. The molecule has 0 aromatic heterocycles. The number of rotatable bonds is 11. The predicted octanol–water partition coefficient (Wildman–Crippen LogP) is 7.72. The zero-order valence-corrected chi connectivity index (χ0v) is 31.7. The number of piperidine rings is 1. The summed E-state index contributed by atoms with van der Waals surface area (Å²) in [6, 6.07) is 19.8. The Morgan fingerprint density at radius 3 is 2.45 bits per heavy atom. The lowest BCUT2D eigenvalue weighted by Crippen LogP contribution is -2.58. The Labute approximate surface area is 312 Å². The van der Waals surface area contributed by atoms with Crippen molar-refractivity contribution >= 4 is 44.8 Å². The first-order valence-electron chi connectivity index (χ1n) is 19.0. The van der Waals surface area contributed by atoms with Crippen molar-refractivity contribution in [3.63, 3.8) is 0 Å². The number of ether oxygens (including phenoxy) is 1. The van der Waals surface area contributed by atoms with E-state index in [2.05, 4.69) is 71.4 Å². The van der Waals surface area contributed by atoms with E-state index in [4.69, 9.17) is 4.74 Å². The van der Waals surface area contributed by atoms with E-state index < -0.39 is 20.9 Å². The Morgan fingerprint density at radius 1 is 1.02 bits per heavy atom. The second kappa shape index (κ2) is 15.1. The van der Waals surface area contributed by atoms with Crippen molar-refractivity contribution in [2.75, 3.05) is 48.4 Å². The van der Waals surface area contributed by atoms with Crippen molar-refractivity contribution in [2.45, 2.75) is 70.2 Å². The van der Waals surface area contributed by atoms with Crippen LogP contribution in [0.25, 0.3) is 6.08 Å². The first-order chi connectivity index (χ1) is 25.4. The number of fused-ring (bicyclic) bond motifs is 2. The van der Waals surface area contributed by atoms with Crippen molar-refractivity contribution in [3.05, 3.63) is 93.5 Å². The number of nitrogens with one attached hydrogen (secondary N) is 3. The molecule has 1 unspecified atom stereocenters. The lowest BCUT2D eigenvalue weighted by Gasteiger charge is -2.62. The zero-order valence-electron chi connectivity index (χ0n) is 30.8. The van der Waals surface area contributed by atoms with Crippen LogP contribution in [0, 0.1) is 39.2 Å². The van der Waals surface area contributed by atoms with Crippen LogP contribution in [0.4, 0.5) is 22.7 Å². The van der Waals surface area contributed by atoms with Gasteiger partial charge in [0.05, 0.1) is 9.82 Å². The van der Waals surface area contributed by atoms with Crippen LogP contribution >= 0.6 is 0 Å². The summed E-state index contributed by atoms with van der Waals surface area (Å²) in [4.78, 5) is 26.1. The quantitative estimate of drug-likeness (QED) is 0.133. The summed E-state index contributed by atoms with van der Waals surface area (Å²) >= 11 is 0. The number of nitrogens with zero attached hydrogens (tertiary/aromatic N) is 2. The van der Waals surface area contributed by atoms with Gasteiger partial charge >= 0.3 is 0 Å². The van der Waals surface area contributed by atoms with Crippen LogP contribution < -0.4 is 20.3 Å². The van der Waals surface area contributed by atoms with E-state index in [1.807, 2.05) is 12.1 Å². The third-order valence-corrected chi connectivity index (χ3v) is 13.9. The average Bonchev–Trinajstić information content (AvgIpc) is 3.15. The highest BCUT2D eigenvalue weighted by atomic mass is 32.2. The first-order valence-corrected chi connectivity index (χ1v) is 20.5. The molecule has 11 nitrogen and oxygen atoms in total. The molecule has 12 heteroatoms. The molecule has 2 bridgehead atoms. The van der Waals surface area contributed by atoms with Crippen LogP contribution in [0.5, 0.6) is 0 Å². The molecule has 0 radical (unpaired) electrons. The molecule has 5 aliphatic rings. The third kappa shape index (κ3) is 8.08. The molecule has 0 spiro atoms. The van der Waals surface area contributed by atoms with E-state index in [1.165, 1.54) is 41.8 Å². The van der Waals surface area contributed by atoms with E-state index >= 15 is 0 Å². The van der Waals surface area contributed by atoms with Crippen molar-refractivity contribution in [3.8, 4) is 0 Å². The van der Waals surface area contributed by atoms with Gasteiger partial charge in [-0.2, -0.15) is 0 Å². The number of anilines is 3. The predicted molar refractivity (Wildman–Crippen MR) is 209 cm³/mol. The van der Waals surface area contributed by atoms with E-state index in [0.29, 0.717) is 43.1 Å². The molecule has 5 atom stereocenters. The van der Waals surface area contributed by atoms with Gasteiger partial charge in [-0.05, 0) is 122 Å². The molecule has 2 heterocycles. The Kier molecular flexibility index (Phi) is 10.5. The molecule has 5 fully saturated rings. The number of nitro benzene ring substituents is 1. The second-order valence-corrected chi connectivity index (χ2v) is 17.6. The molecule has 3 aromatic carbocycles. The molecule has 3 aliphatic carbocycles. The molecular formula is C41H51N5O6S. The van der Waals surface area contributed by atoms with Gasteiger partial charge in [0.25, 0.3) is 21.6 Å². The molecule has 2 saturated heterocycles. The van der Waals surface area contributed by atoms with Crippen LogP contribution in [-0.2, 0) is 14.8 Å². The maximum atomic E-state index is 13.1. The van der Waals surface area contributed by atoms with Gasteiger partial charge in [-0.1, -0.05) is 44.6 Å². The molecule has 8 rings (SSSR count). The summed E-state index contributed by atoms with van der Waals surface area (Å²) in [5, 5.41) is 18.8. The second-order valence-electron chi connectivity index (χ2n) is 15.9. The average molecular weight is 742 g/mol. The monoisotopic (exact) mass is 741 g/mol. The SMILES string of the molecule is CC1[C@@H]2C[C@]1(C)C[C@H](Nc1cccc(C=C3CCN(c4ccc(C(=O)NS(=O)(=O)c5ccc(NCC6CCOCC6)c([N+](=O)[O-])c5)cc4)CC3)c1)[C@H]2C. The Hall–Kier alpha value is -4.42. The van der Waals surface area contributed by atoms with Gasteiger partial charge in [0, 0.05) is 61.9 Å². The van der Waals surface area contributed by atoms with Crippen LogP contribution in [0.1, 0.15) is 75.2 Å². The largest absolute Gasteiger partial charge is 0.382 e. The highest BCUT2D eigenvalue weighted by molar-refractivity contribution is 7.90. The fourth-order valence-electron chi connectivity index (χ4n) is 8.95. The normalized spacial score (nSPS) is 25.9. The van der Waals surface area contributed by atoms with Crippen molar-refractivity contribution < 1.29 is 22.9 Å². The highest BCUT2D eigenvalue weighted by Crippen LogP contribution is 2.62. The minimum atomic E-state index is -4.37. The first kappa shape index (κ1) is 36.9. The lowest BCUT2D eigenvalue weighted by atomic mass is 9.44. The molecule has 3 saturated carbocycles. The maximum Gasteiger partial charge on any atom is 0.293 e. The summed E-state index contributed by atoms with van der Waals surface area (Å²) in [7, 11) is -4.37. The van der Waals surface area contributed by atoms with Crippen molar-refractivity contribution in [2.24, 2.45) is 29.1 Å². The molecule has 53 heavy (non-hydrogen) atoms. The summed E-state index contributed by atoms with van der Waals surface area (Å²) in [5.74, 6) is 1.83. The Bertz CT molecular complexity index is 1970. The fourth-order valence-corrected chi connectivity index (χ4v) is 9.94. The van der Waals surface area contributed by atoms with Crippen molar-refractivity contribution in [1.29, 1.82) is 0 Å². The molecule has 282 valence electrons. The summed E-state index contributed by atoms with van der Waals surface area (Å²) in [6.07, 6.45) is 8.45. The maximum absolute atomic E-state index is 13.1. The number of benzene rings is 3. The zero-order chi connectivity index (χ0) is 37.3. The lowest BCUT2D eigenvalue weighted by molar-refractivity contribution is -0.384.